The third-order valence-electron chi connectivity index (χ3n) is 10.2. The van der Waals surface area contributed by atoms with Crippen LogP contribution in [-0.2, 0) is 29.2 Å². The number of halogens is 1. The summed E-state index contributed by atoms with van der Waals surface area (Å²) in [5.74, 6) is -2.96. The van der Waals surface area contributed by atoms with Crippen LogP contribution in [0.2, 0.25) is 0 Å². The molecule has 1 aliphatic heterocycles. The summed E-state index contributed by atoms with van der Waals surface area (Å²) >= 11 is 5.67. The van der Waals surface area contributed by atoms with Gasteiger partial charge < -0.3 is 26.6 Å². The lowest BCUT2D eigenvalue weighted by Crippen LogP contribution is -2.62. The third-order valence-corrected chi connectivity index (χ3v) is 11.9. The molecule has 0 aromatic carbocycles. The summed E-state index contributed by atoms with van der Waals surface area (Å²) in [7, 11) is -3.75. The highest BCUT2D eigenvalue weighted by atomic mass is 35.5. The van der Waals surface area contributed by atoms with Gasteiger partial charge >= 0.3 is 6.03 Å². The second kappa shape index (κ2) is 14.6. The van der Waals surface area contributed by atoms with E-state index < -0.39 is 74.6 Å². The maximum absolute atomic E-state index is 14.3. The average Bonchev–Trinajstić information content (AvgIpc) is 3.23. The molecular weight excluding hydrogens is 648 g/mol. The monoisotopic (exact) mass is 702 g/mol. The van der Waals surface area contributed by atoms with Crippen LogP contribution in [0.3, 0.4) is 0 Å². The van der Waals surface area contributed by atoms with Gasteiger partial charge in [-0.15, -0.1) is 11.6 Å². The van der Waals surface area contributed by atoms with Crippen LogP contribution in [-0.4, -0.2) is 91.7 Å². The fourth-order valence-corrected chi connectivity index (χ4v) is 8.49. The molecule has 3 rings (SSSR count). The molecule has 1 heterocycles. The van der Waals surface area contributed by atoms with E-state index in [1.807, 2.05) is 13.8 Å². The van der Waals surface area contributed by atoms with Crippen molar-refractivity contribution >= 4 is 51.2 Å². The molecule has 0 bridgehead atoms. The molecule has 0 radical (unpaired) electrons. The van der Waals surface area contributed by atoms with Crippen molar-refractivity contribution in [2.75, 3.05) is 24.7 Å². The second-order valence-electron chi connectivity index (χ2n) is 16.3. The van der Waals surface area contributed by atoms with Gasteiger partial charge in [0.15, 0.2) is 0 Å². The fourth-order valence-electron chi connectivity index (χ4n) is 6.76. The number of alkyl halides is 1. The van der Waals surface area contributed by atoms with Crippen LogP contribution in [0.5, 0.6) is 0 Å². The quantitative estimate of drug-likeness (QED) is 0.0975. The number of primary amides is 1. The zero-order valence-corrected chi connectivity index (χ0v) is 30.6. The molecule has 3 fully saturated rings. The Bertz CT molecular complexity index is 1320. The Hall–Kier alpha value is -2.45. The number of nitrogens with one attached hydrogen (secondary N) is 4. The molecule has 268 valence electrons. The highest BCUT2D eigenvalue weighted by Crippen LogP contribution is 2.65. The number of Topliss-reactive ketones (excluding diaryl/α,β-unsaturated/α-hetero) is 1. The first kappa shape index (κ1) is 39.0. The van der Waals surface area contributed by atoms with Gasteiger partial charge in [0, 0.05) is 19.0 Å². The Morgan fingerprint density at radius 1 is 0.979 bits per heavy atom. The van der Waals surface area contributed by atoms with Gasteiger partial charge in [0.1, 0.15) is 12.1 Å². The highest BCUT2D eigenvalue weighted by Gasteiger charge is 2.70. The number of carbonyl (C=O) groups excluding carboxylic acids is 5. The molecule has 2 aliphatic carbocycles. The molecular formula is C32H55ClN6O7S. The molecule has 0 aromatic heterocycles. The normalized spacial score (nSPS) is 24.3. The van der Waals surface area contributed by atoms with E-state index in [1.165, 1.54) is 4.90 Å². The zero-order valence-electron chi connectivity index (χ0n) is 29.1. The highest BCUT2D eigenvalue weighted by molar-refractivity contribution is 7.89. The Morgan fingerprint density at radius 2 is 1.60 bits per heavy atom. The minimum Gasteiger partial charge on any atom is -0.363 e. The number of ketones is 1. The van der Waals surface area contributed by atoms with Gasteiger partial charge in [0.2, 0.25) is 27.6 Å². The van der Waals surface area contributed by atoms with Crippen LogP contribution in [0, 0.1) is 34.0 Å². The minimum absolute atomic E-state index is 0.0374. The Balaban J connectivity index is 1.81. The van der Waals surface area contributed by atoms with Crippen molar-refractivity contribution in [2.24, 2.45) is 39.7 Å². The van der Waals surface area contributed by atoms with E-state index in [2.05, 4.69) is 20.7 Å². The van der Waals surface area contributed by atoms with E-state index in [9.17, 15) is 32.4 Å². The topological polar surface area (TPSA) is 197 Å². The van der Waals surface area contributed by atoms with Crippen molar-refractivity contribution < 1.29 is 32.4 Å². The van der Waals surface area contributed by atoms with E-state index >= 15 is 0 Å². The van der Waals surface area contributed by atoms with Gasteiger partial charge in [-0.3, -0.25) is 19.2 Å². The number of hydrogen-bond donors (Lipinski definition) is 5. The number of nitrogens with two attached hydrogens (primary N) is 1. The van der Waals surface area contributed by atoms with Gasteiger partial charge in [-0.25, -0.2) is 17.9 Å². The molecule has 1 saturated heterocycles. The van der Waals surface area contributed by atoms with Gasteiger partial charge in [0.25, 0.3) is 5.91 Å². The number of amides is 5. The fraction of sp³-hybridized carbons (Fsp3) is 0.844. The number of likely N-dealkylation sites (tertiary alicyclic amines) is 1. The first-order valence-electron chi connectivity index (χ1n) is 16.6. The number of hydrogen-bond acceptors (Lipinski definition) is 7. The van der Waals surface area contributed by atoms with Crippen molar-refractivity contribution in [1.29, 1.82) is 0 Å². The molecule has 1 unspecified atom stereocenters. The number of fused-ring (bicyclic) bond motifs is 1. The van der Waals surface area contributed by atoms with Crippen LogP contribution in [0.1, 0.15) is 87.5 Å². The van der Waals surface area contributed by atoms with Crippen molar-refractivity contribution in [1.82, 2.24) is 25.6 Å². The standard InChI is InChI=1S/C32H55ClN6O7S/c1-30(2,3)21(17-47(45,46)35-14-10-13-33)37-29(44)38-25(31(4,5)6)28(43)39-16-19-22(32(19,7)8)23(39)27(42)36-20(24(40)26(34)41)15-18-11-9-12-18/h18-23,25,35H,9-17H2,1-8H3,(H2,34,41)(H,36,42)(H2,37,38,44)/t19-,20?,21+,22-,23-,25+/m0/s1. The van der Waals surface area contributed by atoms with Crippen molar-refractivity contribution in [3.63, 3.8) is 0 Å². The maximum Gasteiger partial charge on any atom is 0.315 e. The molecule has 3 aliphatic rings. The molecule has 6 atom stereocenters. The number of urea groups is 1. The van der Waals surface area contributed by atoms with Crippen LogP contribution in [0.25, 0.3) is 0 Å². The number of carbonyl (C=O) groups is 5. The summed E-state index contributed by atoms with van der Waals surface area (Å²) in [5, 5.41) is 8.31. The molecule has 0 aromatic rings. The molecule has 15 heteroatoms. The summed E-state index contributed by atoms with van der Waals surface area (Å²) in [5.41, 5.74) is 3.66. The zero-order chi connectivity index (χ0) is 35.7. The summed E-state index contributed by atoms with van der Waals surface area (Å²) in [6, 6.07) is -4.57. The second-order valence-corrected chi connectivity index (χ2v) is 18.5. The molecule has 6 N–H and O–H groups in total. The lowest BCUT2D eigenvalue weighted by Gasteiger charge is -2.39. The Morgan fingerprint density at radius 3 is 2.09 bits per heavy atom. The number of piperidine rings is 1. The van der Waals surface area contributed by atoms with Gasteiger partial charge in [-0.2, -0.15) is 0 Å². The summed E-state index contributed by atoms with van der Waals surface area (Å²) in [4.78, 5) is 67.7. The third kappa shape index (κ3) is 9.59. The summed E-state index contributed by atoms with van der Waals surface area (Å²) < 4.78 is 28.0. The smallest absolute Gasteiger partial charge is 0.315 e. The largest absolute Gasteiger partial charge is 0.363 e. The maximum atomic E-state index is 14.3. The van der Waals surface area contributed by atoms with E-state index in [0.717, 1.165) is 19.3 Å². The lowest BCUT2D eigenvalue weighted by atomic mass is 9.80. The van der Waals surface area contributed by atoms with Crippen LogP contribution in [0.15, 0.2) is 0 Å². The number of rotatable bonds is 15. The van der Waals surface area contributed by atoms with E-state index in [1.54, 1.807) is 41.5 Å². The predicted molar refractivity (Wildman–Crippen MR) is 180 cm³/mol. The van der Waals surface area contributed by atoms with Crippen LogP contribution >= 0.6 is 11.6 Å². The Labute approximate surface area is 284 Å². The number of sulfonamides is 1. The molecule has 47 heavy (non-hydrogen) atoms. The van der Waals surface area contributed by atoms with Crippen molar-refractivity contribution in [2.45, 2.75) is 112 Å². The predicted octanol–water partition coefficient (Wildman–Crippen LogP) is 1.88. The molecule has 0 spiro atoms. The van der Waals surface area contributed by atoms with Gasteiger partial charge in [-0.05, 0) is 46.8 Å². The lowest BCUT2D eigenvalue weighted by molar-refractivity contribution is -0.145. The first-order chi connectivity index (χ1) is 21.5. The minimum atomic E-state index is -3.75. The van der Waals surface area contributed by atoms with E-state index in [-0.39, 0.29) is 35.5 Å². The summed E-state index contributed by atoms with van der Waals surface area (Å²) in [6.45, 7) is 15.3. The average molecular weight is 703 g/mol. The van der Waals surface area contributed by atoms with Crippen LogP contribution < -0.4 is 26.4 Å². The van der Waals surface area contributed by atoms with Crippen LogP contribution in [0.4, 0.5) is 4.79 Å². The van der Waals surface area contributed by atoms with E-state index in [0.29, 0.717) is 25.3 Å². The SMILES string of the molecule is CC(C)(C)[C@H](NC(=O)N[C@H](CS(=O)(=O)NCCCCl)C(C)(C)C)C(=O)N1C[C@H]2[C@@H]([C@H]1C(=O)NC(CC1CCC1)C(=O)C(N)=O)C2(C)C. The van der Waals surface area contributed by atoms with Crippen molar-refractivity contribution in [3.05, 3.63) is 0 Å². The molecule has 5 amide bonds. The molecule has 13 nitrogen and oxygen atoms in total. The Kier molecular flexibility index (Phi) is 12.1. The van der Waals surface area contributed by atoms with Crippen molar-refractivity contribution in [3.8, 4) is 0 Å². The van der Waals surface area contributed by atoms with E-state index in [4.69, 9.17) is 17.3 Å². The summed E-state index contributed by atoms with van der Waals surface area (Å²) in [6.07, 6.45) is 3.59. The first-order valence-corrected chi connectivity index (χ1v) is 18.7. The van der Waals surface area contributed by atoms with Gasteiger partial charge in [0.05, 0.1) is 17.8 Å². The molecule has 2 saturated carbocycles. The number of nitrogens with zero attached hydrogens (tertiary/aromatic N) is 1. The van der Waals surface area contributed by atoms with Gasteiger partial charge in [-0.1, -0.05) is 74.7 Å².